The van der Waals surface area contributed by atoms with Crippen LogP contribution < -0.4 is 15.4 Å². The fourth-order valence-electron chi connectivity index (χ4n) is 1.53. The molecular formula is C13H13ClN4O2. The maximum absolute atomic E-state index is 12.0. The second-order valence-electron chi connectivity index (χ2n) is 3.86. The molecule has 2 rings (SSSR count). The van der Waals surface area contributed by atoms with E-state index < -0.39 is 0 Å². The maximum Gasteiger partial charge on any atom is 0.276 e. The molecule has 0 radical (unpaired) electrons. The number of hydrogen-bond acceptors (Lipinski definition) is 5. The van der Waals surface area contributed by atoms with Gasteiger partial charge in [-0.25, -0.2) is 0 Å². The third-order valence-corrected chi connectivity index (χ3v) is 2.86. The molecule has 1 heterocycles. The van der Waals surface area contributed by atoms with E-state index in [1.54, 1.807) is 37.4 Å². The Labute approximate surface area is 121 Å². The summed E-state index contributed by atoms with van der Waals surface area (Å²) in [6.07, 6.45) is 0. The first-order valence-corrected chi connectivity index (χ1v) is 6.18. The second-order valence-corrected chi connectivity index (χ2v) is 4.26. The van der Waals surface area contributed by atoms with E-state index in [0.717, 1.165) is 0 Å². The number of methoxy groups -OCH3 is 1. The number of aromatic nitrogens is 2. The molecule has 0 saturated carbocycles. The Bertz CT molecular complexity index is 616. The van der Waals surface area contributed by atoms with E-state index in [9.17, 15) is 4.79 Å². The van der Waals surface area contributed by atoms with E-state index in [0.29, 0.717) is 22.3 Å². The van der Waals surface area contributed by atoms with Gasteiger partial charge in [-0.3, -0.25) is 4.79 Å². The fourth-order valence-corrected chi connectivity index (χ4v) is 1.78. The van der Waals surface area contributed by atoms with Gasteiger partial charge in [-0.15, -0.1) is 10.2 Å². The number of ether oxygens (including phenoxy) is 1. The van der Waals surface area contributed by atoms with Crippen LogP contribution in [0, 0.1) is 0 Å². The van der Waals surface area contributed by atoms with Crippen LogP contribution in [0.5, 0.6) is 5.75 Å². The highest BCUT2D eigenvalue weighted by atomic mass is 35.5. The van der Waals surface area contributed by atoms with Crippen LogP contribution in [0.25, 0.3) is 0 Å². The maximum atomic E-state index is 12.0. The molecule has 6 nitrogen and oxygen atoms in total. The molecule has 7 heteroatoms. The first kappa shape index (κ1) is 14.1. The molecule has 20 heavy (non-hydrogen) atoms. The molecule has 0 aliphatic heterocycles. The predicted octanol–water partition coefficient (Wildman–Crippen LogP) is 2.43. The quantitative estimate of drug-likeness (QED) is 0.905. The number of nitrogens with zero attached hydrogens (tertiary/aromatic N) is 2. The van der Waals surface area contributed by atoms with Gasteiger partial charge in [0.15, 0.2) is 5.69 Å². The van der Waals surface area contributed by atoms with Crippen LogP contribution >= 0.6 is 11.6 Å². The normalized spacial score (nSPS) is 9.95. The number of amides is 1. The minimum Gasteiger partial charge on any atom is -0.495 e. The molecule has 0 spiro atoms. The van der Waals surface area contributed by atoms with Crippen molar-refractivity contribution >= 4 is 29.0 Å². The summed E-state index contributed by atoms with van der Waals surface area (Å²) in [6, 6.07) is 8.22. The van der Waals surface area contributed by atoms with Gasteiger partial charge >= 0.3 is 0 Å². The van der Waals surface area contributed by atoms with Gasteiger partial charge in [0, 0.05) is 12.7 Å². The lowest BCUT2D eigenvalue weighted by molar-refractivity contribution is 0.102. The van der Waals surface area contributed by atoms with E-state index in [4.69, 9.17) is 16.3 Å². The zero-order valence-corrected chi connectivity index (χ0v) is 11.7. The Kier molecular flexibility index (Phi) is 4.37. The average Bonchev–Trinajstić information content (AvgIpc) is 2.47. The van der Waals surface area contributed by atoms with Crippen molar-refractivity contribution < 1.29 is 9.53 Å². The number of rotatable bonds is 4. The molecule has 0 unspecified atom stereocenters. The van der Waals surface area contributed by atoms with Crippen molar-refractivity contribution in [3.05, 3.63) is 41.0 Å². The average molecular weight is 293 g/mol. The number of halogens is 1. The van der Waals surface area contributed by atoms with E-state index in [2.05, 4.69) is 20.8 Å². The third-order valence-electron chi connectivity index (χ3n) is 2.56. The molecule has 0 saturated heterocycles. The van der Waals surface area contributed by atoms with Gasteiger partial charge in [-0.1, -0.05) is 11.6 Å². The smallest absolute Gasteiger partial charge is 0.276 e. The van der Waals surface area contributed by atoms with E-state index in [1.165, 1.54) is 7.11 Å². The zero-order valence-electron chi connectivity index (χ0n) is 11.0. The highest BCUT2D eigenvalue weighted by molar-refractivity contribution is 6.32. The minimum atomic E-state index is -0.360. The monoisotopic (exact) mass is 292 g/mol. The molecule has 1 aromatic carbocycles. The van der Waals surface area contributed by atoms with Gasteiger partial charge < -0.3 is 15.4 Å². The summed E-state index contributed by atoms with van der Waals surface area (Å²) in [5, 5.41) is 13.6. The van der Waals surface area contributed by atoms with Crippen LogP contribution in [-0.4, -0.2) is 30.3 Å². The number of carbonyl (C=O) groups excluding carboxylic acids is 1. The lowest BCUT2D eigenvalue weighted by atomic mass is 10.3. The van der Waals surface area contributed by atoms with E-state index in [1.807, 2.05) is 0 Å². The number of nitrogens with one attached hydrogen (secondary N) is 2. The van der Waals surface area contributed by atoms with Crippen molar-refractivity contribution in [1.29, 1.82) is 0 Å². The van der Waals surface area contributed by atoms with Crippen molar-refractivity contribution in [3.8, 4) is 5.75 Å². The lowest BCUT2D eigenvalue weighted by Gasteiger charge is -2.07. The summed E-state index contributed by atoms with van der Waals surface area (Å²) in [5.74, 6) is 0.776. The van der Waals surface area contributed by atoms with Gasteiger partial charge in [-0.05, 0) is 30.3 Å². The topological polar surface area (TPSA) is 76.1 Å². The third kappa shape index (κ3) is 3.16. The molecule has 2 aromatic rings. The largest absolute Gasteiger partial charge is 0.495 e. The molecular weight excluding hydrogens is 280 g/mol. The summed E-state index contributed by atoms with van der Waals surface area (Å²) in [4.78, 5) is 12.0. The van der Waals surface area contributed by atoms with Gasteiger partial charge in [0.1, 0.15) is 11.6 Å². The minimum absolute atomic E-state index is 0.218. The molecule has 0 bridgehead atoms. The fraction of sp³-hybridized carbons (Fsp3) is 0.154. The van der Waals surface area contributed by atoms with Crippen molar-refractivity contribution in [2.45, 2.75) is 0 Å². The number of anilines is 2. The Balaban J connectivity index is 2.12. The van der Waals surface area contributed by atoms with Crippen LogP contribution in [0.15, 0.2) is 30.3 Å². The first-order valence-electron chi connectivity index (χ1n) is 5.80. The van der Waals surface area contributed by atoms with Crippen LogP contribution in [-0.2, 0) is 0 Å². The lowest BCUT2D eigenvalue weighted by Crippen LogP contribution is -2.14. The predicted molar refractivity (Wildman–Crippen MR) is 77.5 cm³/mol. The highest BCUT2D eigenvalue weighted by Crippen LogP contribution is 2.27. The van der Waals surface area contributed by atoms with E-state index >= 15 is 0 Å². The first-order chi connectivity index (χ1) is 9.63. The van der Waals surface area contributed by atoms with Gasteiger partial charge in [0.05, 0.1) is 12.1 Å². The summed E-state index contributed by atoms with van der Waals surface area (Å²) in [7, 11) is 3.25. The van der Waals surface area contributed by atoms with Crippen molar-refractivity contribution in [2.24, 2.45) is 0 Å². The van der Waals surface area contributed by atoms with Crippen molar-refractivity contribution in [2.75, 3.05) is 24.8 Å². The molecule has 1 amide bonds. The van der Waals surface area contributed by atoms with Gasteiger partial charge in [-0.2, -0.15) is 0 Å². The molecule has 0 atom stereocenters. The SMILES string of the molecule is CNc1ccc(C(=O)Nc2ccc(OC)c(Cl)c2)nn1. The molecule has 104 valence electrons. The molecule has 0 fully saturated rings. The molecule has 0 aliphatic rings. The number of hydrogen-bond donors (Lipinski definition) is 2. The summed E-state index contributed by atoms with van der Waals surface area (Å²) < 4.78 is 5.04. The van der Waals surface area contributed by atoms with Gasteiger partial charge in [0.2, 0.25) is 0 Å². The number of carbonyl (C=O) groups is 1. The van der Waals surface area contributed by atoms with Crippen LogP contribution in [0.4, 0.5) is 11.5 Å². The molecule has 2 N–H and O–H groups in total. The van der Waals surface area contributed by atoms with Crippen molar-refractivity contribution in [1.82, 2.24) is 10.2 Å². The Morgan fingerprint density at radius 1 is 1.25 bits per heavy atom. The zero-order chi connectivity index (χ0) is 14.5. The van der Waals surface area contributed by atoms with Crippen LogP contribution in [0.3, 0.4) is 0 Å². The van der Waals surface area contributed by atoms with Crippen LogP contribution in [0.1, 0.15) is 10.5 Å². The Morgan fingerprint density at radius 2 is 2.05 bits per heavy atom. The Morgan fingerprint density at radius 3 is 2.60 bits per heavy atom. The summed E-state index contributed by atoms with van der Waals surface area (Å²) in [5.41, 5.74) is 0.774. The Hall–Kier alpha value is -2.34. The van der Waals surface area contributed by atoms with Crippen LogP contribution in [0.2, 0.25) is 5.02 Å². The van der Waals surface area contributed by atoms with Crippen molar-refractivity contribution in [3.63, 3.8) is 0 Å². The second kappa shape index (κ2) is 6.21. The number of benzene rings is 1. The standard InChI is InChI=1S/C13H13ClN4O2/c1-15-12-6-4-10(17-18-12)13(19)16-8-3-5-11(20-2)9(14)7-8/h3-7H,1-2H3,(H,15,18)(H,16,19). The van der Waals surface area contributed by atoms with Gasteiger partial charge in [0.25, 0.3) is 5.91 Å². The molecule has 1 aromatic heterocycles. The summed E-state index contributed by atoms with van der Waals surface area (Å²) >= 11 is 5.99. The summed E-state index contributed by atoms with van der Waals surface area (Å²) in [6.45, 7) is 0. The van der Waals surface area contributed by atoms with E-state index in [-0.39, 0.29) is 11.6 Å². The highest BCUT2D eigenvalue weighted by Gasteiger charge is 2.10. The molecule has 0 aliphatic carbocycles.